The van der Waals surface area contributed by atoms with Gasteiger partial charge in [0.05, 0.1) is 16.6 Å². The third-order valence-electron chi connectivity index (χ3n) is 3.53. The maximum atomic E-state index is 12.3. The monoisotopic (exact) mass is 356 g/mol. The Morgan fingerprint density at radius 3 is 2.67 bits per heavy atom. The number of anilines is 1. The first-order valence-corrected chi connectivity index (χ1v) is 9.53. The van der Waals surface area contributed by atoms with Gasteiger partial charge >= 0.3 is 5.97 Å². The van der Waals surface area contributed by atoms with E-state index in [4.69, 9.17) is 4.74 Å². The van der Waals surface area contributed by atoms with E-state index in [0.29, 0.717) is 18.7 Å². The lowest BCUT2D eigenvalue weighted by atomic mass is 10.2. The number of sulfonamides is 1. The fraction of sp³-hybridized carbons (Fsp3) is 0.562. The zero-order valence-corrected chi connectivity index (χ0v) is 14.7. The maximum absolute atomic E-state index is 12.3. The molecule has 0 unspecified atom stereocenters. The summed E-state index contributed by atoms with van der Waals surface area (Å²) in [7, 11) is -3.74. The van der Waals surface area contributed by atoms with Crippen LogP contribution in [-0.4, -0.2) is 44.8 Å². The predicted octanol–water partition coefficient (Wildman–Crippen LogP) is 2.05. The fourth-order valence-corrected chi connectivity index (χ4v) is 3.22. The summed E-state index contributed by atoms with van der Waals surface area (Å²) in [5, 5.41) is 12.4. The van der Waals surface area contributed by atoms with Crippen molar-refractivity contribution in [3.63, 3.8) is 0 Å². The summed E-state index contributed by atoms with van der Waals surface area (Å²) in [6.45, 7) is 4.52. The minimum Gasteiger partial charge on any atom is -0.478 e. The van der Waals surface area contributed by atoms with Gasteiger partial charge in [-0.2, -0.15) is 0 Å². The second-order valence-electron chi connectivity index (χ2n) is 6.10. The first-order chi connectivity index (χ1) is 11.3. The highest BCUT2D eigenvalue weighted by atomic mass is 32.2. The number of carboxylic acid groups (broad SMARTS) is 1. The maximum Gasteiger partial charge on any atom is 0.337 e. The average molecular weight is 356 g/mol. The standard InChI is InChI=1S/C16H24N2O5S/c1-11(2)23-9-3-8-17-24(21,22)13-6-7-15(18-12-4-5-12)14(10-13)16(19)20/h6-7,10-12,17-18H,3-5,8-9H2,1-2H3,(H,19,20). The highest BCUT2D eigenvalue weighted by Crippen LogP contribution is 2.28. The van der Waals surface area contributed by atoms with Gasteiger partial charge in [0.2, 0.25) is 10.0 Å². The van der Waals surface area contributed by atoms with E-state index < -0.39 is 16.0 Å². The summed E-state index contributed by atoms with van der Waals surface area (Å²) in [6.07, 6.45) is 2.65. The van der Waals surface area contributed by atoms with Crippen molar-refractivity contribution in [2.75, 3.05) is 18.5 Å². The van der Waals surface area contributed by atoms with Gasteiger partial charge < -0.3 is 15.2 Å². The molecular weight excluding hydrogens is 332 g/mol. The van der Waals surface area contributed by atoms with Crippen LogP contribution in [0.1, 0.15) is 43.5 Å². The molecule has 134 valence electrons. The molecule has 0 spiro atoms. The minimum absolute atomic E-state index is 0.0343. The van der Waals surface area contributed by atoms with Crippen molar-refractivity contribution in [2.24, 2.45) is 0 Å². The molecule has 1 aliphatic rings. The number of carbonyl (C=O) groups is 1. The summed E-state index contributed by atoms with van der Waals surface area (Å²) in [6, 6.07) is 4.41. The Bertz CT molecular complexity index is 684. The van der Waals surface area contributed by atoms with Crippen molar-refractivity contribution in [1.29, 1.82) is 0 Å². The molecule has 0 amide bonds. The molecule has 0 heterocycles. The molecule has 0 aromatic heterocycles. The van der Waals surface area contributed by atoms with Crippen molar-refractivity contribution in [3.8, 4) is 0 Å². The van der Waals surface area contributed by atoms with Crippen LogP contribution in [0, 0.1) is 0 Å². The molecule has 1 aromatic rings. The Morgan fingerprint density at radius 1 is 1.38 bits per heavy atom. The van der Waals surface area contributed by atoms with Crippen LogP contribution >= 0.6 is 0 Å². The van der Waals surface area contributed by atoms with Crippen LogP contribution in [0.5, 0.6) is 0 Å². The van der Waals surface area contributed by atoms with Gasteiger partial charge in [0.1, 0.15) is 0 Å². The number of nitrogens with one attached hydrogen (secondary N) is 2. The summed E-state index contributed by atoms with van der Waals surface area (Å²) < 4.78 is 32.4. The molecule has 0 bridgehead atoms. The predicted molar refractivity (Wildman–Crippen MR) is 90.9 cm³/mol. The van der Waals surface area contributed by atoms with Gasteiger partial charge in [0.25, 0.3) is 0 Å². The number of hydrogen-bond acceptors (Lipinski definition) is 5. The molecule has 1 fully saturated rings. The first kappa shape index (κ1) is 18.7. The van der Waals surface area contributed by atoms with Crippen molar-refractivity contribution in [1.82, 2.24) is 4.72 Å². The molecule has 24 heavy (non-hydrogen) atoms. The molecule has 8 heteroatoms. The summed E-state index contributed by atoms with van der Waals surface area (Å²) in [4.78, 5) is 11.3. The number of benzene rings is 1. The molecule has 1 saturated carbocycles. The lowest BCUT2D eigenvalue weighted by Crippen LogP contribution is -2.26. The Kier molecular flexibility index (Phi) is 6.20. The van der Waals surface area contributed by atoms with Gasteiger partial charge in [-0.05, 0) is 51.3 Å². The van der Waals surface area contributed by atoms with E-state index in [1.165, 1.54) is 18.2 Å². The lowest BCUT2D eigenvalue weighted by Gasteiger charge is -2.12. The SMILES string of the molecule is CC(C)OCCCNS(=O)(=O)c1ccc(NC2CC2)c(C(=O)O)c1. The molecule has 1 aromatic carbocycles. The highest BCUT2D eigenvalue weighted by Gasteiger charge is 2.24. The first-order valence-electron chi connectivity index (χ1n) is 8.05. The van der Waals surface area contributed by atoms with Crippen molar-refractivity contribution in [3.05, 3.63) is 23.8 Å². The van der Waals surface area contributed by atoms with Crippen LogP contribution in [0.3, 0.4) is 0 Å². The van der Waals surface area contributed by atoms with E-state index in [0.717, 1.165) is 12.8 Å². The van der Waals surface area contributed by atoms with E-state index in [-0.39, 0.29) is 29.1 Å². The number of carboxylic acids is 1. The van der Waals surface area contributed by atoms with E-state index in [2.05, 4.69) is 10.0 Å². The lowest BCUT2D eigenvalue weighted by molar-refractivity contribution is 0.0697. The quantitative estimate of drug-likeness (QED) is 0.554. The van der Waals surface area contributed by atoms with Crippen LogP contribution in [0.15, 0.2) is 23.1 Å². The summed E-state index contributed by atoms with van der Waals surface area (Å²) in [5.41, 5.74) is 0.419. The zero-order valence-electron chi connectivity index (χ0n) is 13.9. The summed E-state index contributed by atoms with van der Waals surface area (Å²) in [5.74, 6) is -1.15. The molecule has 3 N–H and O–H groups in total. The molecule has 2 rings (SSSR count). The van der Waals surface area contributed by atoms with Crippen molar-refractivity contribution >= 4 is 21.7 Å². The molecule has 1 aliphatic carbocycles. The van der Waals surface area contributed by atoms with E-state index >= 15 is 0 Å². The molecule has 7 nitrogen and oxygen atoms in total. The Balaban J connectivity index is 2.03. The summed E-state index contributed by atoms with van der Waals surface area (Å²) >= 11 is 0. The van der Waals surface area contributed by atoms with Crippen LogP contribution in [0.25, 0.3) is 0 Å². The van der Waals surface area contributed by atoms with Gasteiger partial charge in [-0.15, -0.1) is 0 Å². The molecule has 0 atom stereocenters. The average Bonchev–Trinajstić information content (AvgIpc) is 3.30. The Hall–Kier alpha value is -1.64. The van der Waals surface area contributed by atoms with Crippen LogP contribution in [0.2, 0.25) is 0 Å². The molecular formula is C16H24N2O5S. The third-order valence-corrected chi connectivity index (χ3v) is 4.99. The highest BCUT2D eigenvalue weighted by molar-refractivity contribution is 7.89. The van der Waals surface area contributed by atoms with E-state index in [9.17, 15) is 18.3 Å². The number of ether oxygens (including phenoxy) is 1. The van der Waals surface area contributed by atoms with Gasteiger partial charge in [0.15, 0.2) is 0 Å². The van der Waals surface area contributed by atoms with Crippen LogP contribution < -0.4 is 10.0 Å². The van der Waals surface area contributed by atoms with Gasteiger partial charge in [0, 0.05) is 24.9 Å². The molecule has 0 radical (unpaired) electrons. The van der Waals surface area contributed by atoms with Crippen molar-refractivity contribution in [2.45, 2.75) is 50.2 Å². The third kappa shape index (κ3) is 5.47. The molecule has 0 aliphatic heterocycles. The van der Waals surface area contributed by atoms with Crippen LogP contribution in [0.4, 0.5) is 5.69 Å². The minimum atomic E-state index is -3.74. The smallest absolute Gasteiger partial charge is 0.337 e. The second-order valence-corrected chi connectivity index (χ2v) is 7.87. The number of hydrogen-bond donors (Lipinski definition) is 3. The van der Waals surface area contributed by atoms with E-state index in [1.54, 1.807) is 0 Å². The van der Waals surface area contributed by atoms with E-state index in [1.807, 2.05) is 13.8 Å². The molecule has 0 saturated heterocycles. The number of rotatable bonds is 10. The normalized spacial score (nSPS) is 14.8. The van der Waals surface area contributed by atoms with Crippen LogP contribution in [-0.2, 0) is 14.8 Å². The van der Waals surface area contributed by atoms with Crippen molar-refractivity contribution < 1.29 is 23.1 Å². The number of aromatic carboxylic acids is 1. The Labute approximate surface area is 142 Å². The van der Waals surface area contributed by atoms with Gasteiger partial charge in [-0.1, -0.05) is 0 Å². The largest absolute Gasteiger partial charge is 0.478 e. The fourth-order valence-electron chi connectivity index (χ4n) is 2.12. The topological polar surface area (TPSA) is 105 Å². The second kappa shape index (κ2) is 7.96. The van der Waals surface area contributed by atoms with Gasteiger partial charge in [-0.3, -0.25) is 0 Å². The Morgan fingerprint density at radius 2 is 2.08 bits per heavy atom. The van der Waals surface area contributed by atoms with Gasteiger partial charge in [-0.25, -0.2) is 17.9 Å². The zero-order chi connectivity index (χ0) is 17.7.